The molecule has 6 heteroatoms. The first kappa shape index (κ1) is 15.1. The zero-order chi connectivity index (χ0) is 14.7. The van der Waals surface area contributed by atoms with Gasteiger partial charge in [0.05, 0.1) is 10.6 Å². The molecule has 1 aromatic rings. The summed E-state index contributed by atoms with van der Waals surface area (Å²) < 4.78 is 20.2. The number of oxime groups is 1. The molecule has 2 rings (SSSR count). The molecule has 0 aromatic heterocycles. The molecule has 4 nitrogen and oxygen atoms in total. The fourth-order valence-electron chi connectivity index (χ4n) is 2.54. The number of hydrogen-bond donors (Lipinski definition) is 2. The Morgan fingerprint density at radius 1 is 1.50 bits per heavy atom. The van der Waals surface area contributed by atoms with Gasteiger partial charge < -0.3 is 15.7 Å². The van der Waals surface area contributed by atoms with Crippen LogP contribution >= 0.6 is 15.9 Å². The molecule has 1 saturated carbocycles. The molecular formula is C14H18BrFN2O2. The number of benzene rings is 1. The maximum absolute atomic E-state index is 14.2. The minimum atomic E-state index is -0.521. The molecule has 110 valence electrons. The smallest absolute Gasteiger partial charge is 0.179 e. The Morgan fingerprint density at radius 2 is 2.25 bits per heavy atom. The second kappa shape index (κ2) is 6.43. The molecule has 1 aromatic carbocycles. The molecule has 1 aliphatic rings. The monoisotopic (exact) mass is 344 g/mol. The van der Waals surface area contributed by atoms with E-state index < -0.39 is 5.82 Å². The lowest BCUT2D eigenvalue weighted by Crippen LogP contribution is -2.24. The van der Waals surface area contributed by atoms with Crippen molar-refractivity contribution in [3.05, 3.63) is 28.0 Å². The van der Waals surface area contributed by atoms with E-state index >= 15 is 0 Å². The van der Waals surface area contributed by atoms with Gasteiger partial charge in [0.1, 0.15) is 0 Å². The normalized spacial score (nSPS) is 23.6. The van der Waals surface area contributed by atoms with Crippen LogP contribution in [0.2, 0.25) is 0 Å². The fourth-order valence-corrected chi connectivity index (χ4v) is 3.07. The summed E-state index contributed by atoms with van der Waals surface area (Å²) in [6.45, 7) is 2.18. The SMILES string of the molecule is CC1CCCC(Oc2ccc(/C(N)=N/O)c(Br)c2F)C1. The lowest BCUT2D eigenvalue weighted by atomic mass is 9.89. The van der Waals surface area contributed by atoms with Gasteiger partial charge in [-0.25, -0.2) is 4.39 Å². The molecule has 0 saturated heterocycles. The van der Waals surface area contributed by atoms with Crippen LogP contribution in [-0.2, 0) is 0 Å². The van der Waals surface area contributed by atoms with Gasteiger partial charge in [0.2, 0.25) is 0 Å². The van der Waals surface area contributed by atoms with Gasteiger partial charge in [-0.05, 0) is 53.2 Å². The summed E-state index contributed by atoms with van der Waals surface area (Å²) in [5.41, 5.74) is 5.78. The molecule has 0 radical (unpaired) electrons. The average Bonchev–Trinajstić information content (AvgIpc) is 2.43. The molecule has 0 amide bonds. The van der Waals surface area contributed by atoms with Crippen molar-refractivity contribution >= 4 is 21.8 Å². The molecule has 0 bridgehead atoms. The van der Waals surface area contributed by atoms with Gasteiger partial charge >= 0.3 is 0 Å². The van der Waals surface area contributed by atoms with E-state index in [4.69, 9.17) is 15.7 Å². The molecule has 2 unspecified atom stereocenters. The Labute approximate surface area is 125 Å². The number of hydrogen-bond acceptors (Lipinski definition) is 3. The summed E-state index contributed by atoms with van der Waals surface area (Å²) >= 11 is 3.12. The van der Waals surface area contributed by atoms with Crippen molar-refractivity contribution in [1.82, 2.24) is 0 Å². The quantitative estimate of drug-likeness (QED) is 0.380. The van der Waals surface area contributed by atoms with Gasteiger partial charge in [-0.1, -0.05) is 18.5 Å². The van der Waals surface area contributed by atoms with Crippen molar-refractivity contribution in [1.29, 1.82) is 0 Å². The Balaban J connectivity index is 2.19. The van der Waals surface area contributed by atoms with Crippen molar-refractivity contribution in [2.24, 2.45) is 16.8 Å². The Hall–Kier alpha value is -1.30. The van der Waals surface area contributed by atoms with E-state index in [9.17, 15) is 4.39 Å². The number of amidine groups is 1. The van der Waals surface area contributed by atoms with Crippen molar-refractivity contribution in [2.75, 3.05) is 0 Å². The summed E-state index contributed by atoms with van der Waals surface area (Å²) in [4.78, 5) is 0. The third-order valence-electron chi connectivity index (χ3n) is 3.61. The van der Waals surface area contributed by atoms with E-state index in [2.05, 4.69) is 28.0 Å². The second-order valence-electron chi connectivity index (χ2n) is 5.24. The van der Waals surface area contributed by atoms with Gasteiger partial charge in [-0.2, -0.15) is 0 Å². The summed E-state index contributed by atoms with van der Waals surface area (Å²) in [6, 6.07) is 3.09. The largest absolute Gasteiger partial charge is 0.487 e. The van der Waals surface area contributed by atoms with E-state index in [0.29, 0.717) is 11.5 Å². The van der Waals surface area contributed by atoms with E-state index in [1.807, 2.05) is 0 Å². The summed E-state index contributed by atoms with van der Waals surface area (Å²) in [5, 5.41) is 11.5. The predicted molar refractivity (Wildman–Crippen MR) is 78.7 cm³/mol. The zero-order valence-corrected chi connectivity index (χ0v) is 12.9. The van der Waals surface area contributed by atoms with Gasteiger partial charge in [0.25, 0.3) is 0 Å². The molecule has 0 aliphatic heterocycles. The first-order valence-electron chi connectivity index (χ1n) is 6.65. The Kier molecular flexibility index (Phi) is 4.86. The maximum atomic E-state index is 14.2. The highest BCUT2D eigenvalue weighted by molar-refractivity contribution is 9.10. The Morgan fingerprint density at radius 3 is 2.90 bits per heavy atom. The summed E-state index contributed by atoms with van der Waals surface area (Å²) in [5.74, 6) is 0.142. The average molecular weight is 345 g/mol. The third kappa shape index (κ3) is 3.23. The van der Waals surface area contributed by atoms with Crippen molar-refractivity contribution < 1.29 is 14.3 Å². The van der Waals surface area contributed by atoms with Crippen LogP contribution in [0.15, 0.2) is 21.8 Å². The number of nitrogens with two attached hydrogens (primary N) is 1. The van der Waals surface area contributed by atoms with Gasteiger partial charge in [-0.15, -0.1) is 0 Å². The molecule has 0 spiro atoms. The molecule has 1 fully saturated rings. The van der Waals surface area contributed by atoms with E-state index in [-0.39, 0.29) is 22.2 Å². The predicted octanol–water partition coefficient (Wildman–Crippen LogP) is 3.64. The standard InChI is InChI=1S/C14H18BrFN2O2/c1-8-3-2-4-9(7-8)20-11-6-5-10(14(17)18-19)12(15)13(11)16/h5-6,8-9,19H,2-4,7H2,1H3,(H2,17,18). The molecule has 2 atom stereocenters. The highest BCUT2D eigenvalue weighted by atomic mass is 79.9. The van der Waals surface area contributed by atoms with Crippen molar-refractivity contribution in [3.63, 3.8) is 0 Å². The highest BCUT2D eigenvalue weighted by Gasteiger charge is 2.23. The van der Waals surface area contributed by atoms with Crippen LogP contribution in [0.1, 0.15) is 38.2 Å². The van der Waals surface area contributed by atoms with E-state index in [1.54, 1.807) is 6.07 Å². The highest BCUT2D eigenvalue weighted by Crippen LogP contribution is 2.32. The number of nitrogens with zero attached hydrogens (tertiary/aromatic N) is 1. The first-order chi connectivity index (χ1) is 9.52. The minimum absolute atomic E-state index is 0.0508. The Bertz CT molecular complexity index is 522. The third-order valence-corrected chi connectivity index (χ3v) is 4.39. The molecule has 20 heavy (non-hydrogen) atoms. The van der Waals surface area contributed by atoms with E-state index in [1.165, 1.54) is 12.5 Å². The minimum Gasteiger partial charge on any atom is -0.487 e. The fraction of sp³-hybridized carbons (Fsp3) is 0.500. The van der Waals surface area contributed by atoms with Crippen LogP contribution < -0.4 is 10.5 Å². The van der Waals surface area contributed by atoms with Gasteiger partial charge in [0.15, 0.2) is 17.4 Å². The maximum Gasteiger partial charge on any atom is 0.179 e. The second-order valence-corrected chi connectivity index (χ2v) is 6.03. The lowest BCUT2D eigenvalue weighted by Gasteiger charge is -2.27. The zero-order valence-electron chi connectivity index (χ0n) is 11.3. The van der Waals surface area contributed by atoms with E-state index in [0.717, 1.165) is 19.3 Å². The number of halogens is 2. The molecule has 3 N–H and O–H groups in total. The lowest BCUT2D eigenvalue weighted by molar-refractivity contribution is 0.124. The van der Waals surface area contributed by atoms with Crippen molar-refractivity contribution in [3.8, 4) is 5.75 Å². The molecule has 0 heterocycles. The van der Waals surface area contributed by atoms with Gasteiger partial charge in [0, 0.05) is 5.56 Å². The van der Waals surface area contributed by atoms with Crippen LogP contribution in [0, 0.1) is 11.7 Å². The van der Waals surface area contributed by atoms with Crippen LogP contribution in [0.5, 0.6) is 5.75 Å². The van der Waals surface area contributed by atoms with Crippen LogP contribution in [0.4, 0.5) is 4.39 Å². The van der Waals surface area contributed by atoms with Crippen LogP contribution in [0.3, 0.4) is 0 Å². The van der Waals surface area contributed by atoms with Crippen molar-refractivity contribution in [2.45, 2.75) is 38.7 Å². The summed E-state index contributed by atoms with van der Waals surface area (Å²) in [7, 11) is 0. The number of rotatable bonds is 3. The first-order valence-corrected chi connectivity index (χ1v) is 7.44. The van der Waals surface area contributed by atoms with Crippen LogP contribution in [0.25, 0.3) is 0 Å². The molecule has 1 aliphatic carbocycles. The topological polar surface area (TPSA) is 67.8 Å². The number of ether oxygens (including phenoxy) is 1. The van der Waals surface area contributed by atoms with Crippen LogP contribution in [-0.4, -0.2) is 17.1 Å². The molecular weight excluding hydrogens is 327 g/mol. The summed E-state index contributed by atoms with van der Waals surface area (Å²) in [6.07, 6.45) is 4.25. The van der Waals surface area contributed by atoms with Gasteiger partial charge in [-0.3, -0.25) is 0 Å².